The van der Waals surface area contributed by atoms with Crippen LogP contribution in [0.2, 0.25) is 0 Å². The molecule has 4 rings (SSSR count). The molecule has 0 radical (unpaired) electrons. The maximum atomic E-state index is 4.82. The van der Waals surface area contributed by atoms with E-state index in [-0.39, 0.29) is 0 Å². The molecule has 150 valence electrons. The Labute approximate surface area is 173 Å². The predicted molar refractivity (Wildman–Crippen MR) is 122 cm³/mol. The maximum absolute atomic E-state index is 4.82. The van der Waals surface area contributed by atoms with Crippen LogP contribution in [0.3, 0.4) is 0 Å². The lowest BCUT2D eigenvalue weighted by molar-refractivity contribution is 0.740. The highest BCUT2D eigenvalue weighted by Crippen LogP contribution is 2.36. The second kappa shape index (κ2) is 8.11. The summed E-state index contributed by atoms with van der Waals surface area (Å²) in [6.07, 6.45) is 2.85. The molecule has 1 aliphatic rings. The third kappa shape index (κ3) is 3.77. The van der Waals surface area contributed by atoms with Gasteiger partial charge in [0.05, 0.1) is 0 Å². The molecular weight excluding hydrogens is 358 g/mol. The summed E-state index contributed by atoms with van der Waals surface area (Å²) >= 11 is 0. The number of rotatable bonds is 6. The van der Waals surface area contributed by atoms with Crippen molar-refractivity contribution < 1.29 is 0 Å². The summed E-state index contributed by atoms with van der Waals surface area (Å²) in [7, 11) is 0. The minimum Gasteiger partial charge on any atom is -0.372 e. The fraction of sp³-hybridized carbons (Fsp3) is 0.333. The molecule has 0 saturated heterocycles. The summed E-state index contributed by atoms with van der Waals surface area (Å²) in [6.45, 7) is 10.7. The number of hydrogen-bond acceptors (Lipinski definition) is 5. The van der Waals surface area contributed by atoms with Gasteiger partial charge in [-0.2, -0.15) is 4.98 Å². The smallest absolute Gasteiger partial charge is 0.232 e. The van der Waals surface area contributed by atoms with Crippen molar-refractivity contribution in [3.8, 4) is 0 Å². The van der Waals surface area contributed by atoms with Crippen LogP contribution in [-0.4, -0.2) is 29.1 Å². The van der Waals surface area contributed by atoms with Crippen molar-refractivity contribution in [2.75, 3.05) is 28.2 Å². The molecule has 0 amide bonds. The summed E-state index contributed by atoms with van der Waals surface area (Å²) in [5.74, 6) is 1.55. The Bertz CT molecular complexity index is 996. The Morgan fingerprint density at radius 3 is 2.66 bits per heavy atom. The first kappa shape index (κ1) is 19.2. The normalized spacial score (nSPS) is 15.3. The molecule has 29 heavy (non-hydrogen) atoms. The van der Waals surface area contributed by atoms with Crippen LogP contribution in [-0.2, 0) is 6.42 Å². The van der Waals surface area contributed by atoms with E-state index in [4.69, 9.17) is 4.98 Å². The number of nitrogens with one attached hydrogen (secondary N) is 1. The number of fused-ring (bicyclic) bond motifs is 1. The first-order valence-electron chi connectivity index (χ1n) is 10.4. The van der Waals surface area contributed by atoms with Gasteiger partial charge in [-0.05, 0) is 75.6 Å². The van der Waals surface area contributed by atoms with Gasteiger partial charge >= 0.3 is 0 Å². The Kier molecular flexibility index (Phi) is 5.38. The molecule has 2 aromatic carbocycles. The summed E-state index contributed by atoms with van der Waals surface area (Å²) in [5, 5.41) is 3.48. The van der Waals surface area contributed by atoms with E-state index in [1.54, 1.807) is 0 Å². The number of nitrogens with zero attached hydrogens (tertiary/aromatic N) is 4. The standard InChI is InChI=1S/C24H29N5/c1-5-28(6-2)20-11-12-21(17(3)15-20)26-23-13-14-25-24(27-23)29-18(4)16-19-9-7-8-10-22(19)29/h7-15,18H,5-6,16H2,1-4H3,(H,25,26,27). The van der Waals surface area contributed by atoms with Crippen molar-refractivity contribution in [3.05, 3.63) is 65.9 Å². The molecule has 3 aromatic rings. The van der Waals surface area contributed by atoms with Gasteiger partial charge in [-0.25, -0.2) is 4.98 Å². The number of aryl methyl sites for hydroxylation is 1. The van der Waals surface area contributed by atoms with Gasteiger partial charge in [0, 0.05) is 42.4 Å². The SMILES string of the molecule is CCN(CC)c1ccc(Nc2ccnc(N3c4ccccc4CC3C)n2)c(C)c1. The summed E-state index contributed by atoms with van der Waals surface area (Å²) in [5.41, 5.74) is 6.08. The van der Waals surface area contributed by atoms with E-state index in [1.807, 2.05) is 12.3 Å². The number of para-hydroxylation sites is 1. The fourth-order valence-corrected chi connectivity index (χ4v) is 4.12. The number of anilines is 5. The Morgan fingerprint density at radius 1 is 1.10 bits per heavy atom. The van der Waals surface area contributed by atoms with Crippen LogP contribution in [0, 0.1) is 6.92 Å². The van der Waals surface area contributed by atoms with E-state index >= 15 is 0 Å². The molecule has 5 heteroatoms. The first-order chi connectivity index (χ1) is 14.1. The van der Waals surface area contributed by atoms with Crippen LogP contribution in [0.5, 0.6) is 0 Å². The van der Waals surface area contributed by atoms with Crippen molar-refractivity contribution in [2.45, 2.75) is 40.2 Å². The van der Waals surface area contributed by atoms with Gasteiger partial charge in [-0.3, -0.25) is 0 Å². The topological polar surface area (TPSA) is 44.3 Å². The van der Waals surface area contributed by atoms with Gasteiger partial charge in [0.15, 0.2) is 0 Å². The van der Waals surface area contributed by atoms with Crippen LogP contribution in [0.1, 0.15) is 31.9 Å². The molecule has 1 aliphatic heterocycles. The molecule has 0 bridgehead atoms. The van der Waals surface area contributed by atoms with E-state index in [9.17, 15) is 0 Å². The summed E-state index contributed by atoms with van der Waals surface area (Å²) < 4.78 is 0. The monoisotopic (exact) mass is 387 g/mol. The van der Waals surface area contributed by atoms with Crippen LogP contribution in [0.25, 0.3) is 0 Å². The molecule has 0 aliphatic carbocycles. The van der Waals surface area contributed by atoms with E-state index in [2.05, 4.69) is 90.3 Å². The lowest BCUT2D eigenvalue weighted by atomic mass is 10.1. The van der Waals surface area contributed by atoms with Crippen molar-refractivity contribution in [2.24, 2.45) is 0 Å². The predicted octanol–water partition coefficient (Wildman–Crippen LogP) is 5.46. The van der Waals surface area contributed by atoms with Crippen molar-refractivity contribution in [3.63, 3.8) is 0 Å². The molecule has 2 heterocycles. The number of hydrogen-bond donors (Lipinski definition) is 1. The van der Waals surface area contributed by atoms with Crippen LogP contribution >= 0.6 is 0 Å². The Hall–Kier alpha value is -3.08. The largest absolute Gasteiger partial charge is 0.372 e. The average molecular weight is 388 g/mol. The zero-order valence-electron chi connectivity index (χ0n) is 17.7. The highest BCUT2D eigenvalue weighted by molar-refractivity contribution is 5.69. The van der Waals surface area contributed by atoms with E-state index in [1.165, 1.54) is 22.5 Å². The Morgan fingerprint density at radius 2 is 1.90 bits per heavy atom. The second-order valence-corrected chi connectivity index (χ2v) is 7.59. The fourth-order valence-electron chi connectivity index (χ4n) is 4.12. The lowest BCUT2D eigenvalue weighted by Gasteiger charge is -2.23. The second-order valence-electron chi connectivity index (χ2n) is 7.59. The number of aromatic nitrogens is 2. The molecule has 1 unspecified atom stereocenters. The van der Waals surface area contributed by atoms with E-state index in [0.29, 0.717) is 6.04 Å². The molecule has 1 atom stereocenters. The maximum Gasteiger partial charge on any atom is 0.232 e. The van der Waals surface area contributed by atoms with E-state index < -0.39 is 0 Å². The lowest BCUT2D eigenvalue weighted by Crippen LogP contribution is -2.25. The van der Waals surface area contributed by atoms with Gasteiger partial charge < -0.3 is 15.1 Å². The highest BCUT2D eigenvalue weighted by Gasteiger charge is 2.28. The third-order valence-corrected chi connectivity index (χ3v) is 5.67. The molecule has 5 nitrogen and oxygen atoms in total. The van der Waals surface area contributed by atoms with E-state index in [0.717, 1.165) is 37.0 Å². The minimum absolute atomic E-state index is 0.345. The Balaban J connectivity index is 1.59. The van der Waals surface area contributed by atoms with Gasteiger partial charge in [0.2, 0.25) is 5.95 Å². The molecular formula is C24H29N5. The average Bonchev–Trinajstić information content (AvgIpc) is 3.07. The molecule has 0 spiro atoms. The summed E-state index contributed by atoms with van der Waals surface area (Å²) in [6, 6.07) is 17.3. The van der Waals surface area contributed by atoms with Crippen LogP contribution in [0.15, 0.2) is 54.7 Å². The van der Waals surface area contributed by atoms with Crippen LogP contribution in [0.4, 0.5) is 28.8 Å². The highest BCUT2D eigenvalue weighted by atomic mass is 15.3. The number of benzene rings is 2. The minimum atomic E-state index is 0.345. The van der Waals surface area contributed by atoms with Gasteiger partial charge in [0.1, 0.15) is 5.82 Å². The van der Waals surface area contributed by atoms with Crippen molar-refractivity contribution in [1.82, 2.24) is 9.97 Å². The van der Waals surface area contributed by atoms with Gasteiger partial charge in [-0.15, -0.1) is 0 Å². The van der Waals surface area contributed by atoms with Crippen molar-refractivity contribution >= 4 is 28.8 Å². The van der Waals surface area contributed by atoms with Gasteiger partial charge in [-0.1, -0.05) is 18.2 Å². The molecule has 1 aromatic heterocycles. The third-order valence-electron chi connectivity index (χ3n) is 5.67. The molecule has 1 N–H and O–H groups in total. The van der Waals surface area contributed by atoms with Gasteiger partial charge in [0.25, 0.3) is 0 Å². The first-order valence-corrected chi connectivity index (χ1v) is 10.4. The molecule has 0 saturated carbocycles. The van der Waals surface area contributed by atoms with Crippen molar-refractivity contribution in [1.29, 1.82) is 0 Å². The zero-order valence-corrected chi connectivity index (χ0v) is 17.7. The zero-order chi connectivity index (χ0) is 20.4. The molecule has 0 fully saturated rings. The van der Waals surface area contributed by atoms with Crippen LogP contribution < -0.4 is 15.1 Å². The quantitative estimate of drug-likeness (QED) is 0.609. The summed E-state index contributed by atoms with van der Waals surface area (Å²) in [4.78, 5) is 14.0.